The normalized spacial score (nSPS) is 10.4. The highest BCUT2D eigenvalue weighted by Gasteiger charge is 2.20. The molecule has 220 valence electrons. The fourth-order valence-electron chi connectivity index (χ4n) is 3.89. The first-order chi connectivity index (χ1) is 20.0. The van der Waals surface area contributed by atoms with Crippen molar-refractivity contribution in [3.63, 3.8) is 0 Å². The number of hydrogen-bond acceptors (Lipinski definition) is 9. The minimum Gasteiger partial charge on any atom is -0.461 e. The van der Waals surface area contributed by atoms with Gasteiger partial charge in [0.15, 0.2) is 23.0 Å². The molecule has 0 spiro atoms. The van der Waals surface area contributed by atoms with Crippen molar-refractivity contribution in [3.8, 4) is 22.8 Å². The number of benzene rings is 2. The van der Waals surface area contributed by atoms with Crippen LogP contribution in [0.2, 0.25) is 5.15 Å². The highest BCUT2D eigenvalue weighted by molar-refractivity contribution is 6.30. The van der Waals surface area contributed by atoms with Gasteiger partial charge < -0.3 is 14.4 Å². The number of ether oxygens (including phenoxy) is 2. The second kappa shape index (κ2) is 14.5. The van der Waals surface area contributed by atoms with Gasteiger partial charge in [0.2, 0.25) is 0 Å². The molecule has 0 saturated heterocycles. The topological polar surface area (TPSA) is 107 Å². The number of esters is 2. The summed E-state index contributed by atoms with van der Waals surface area (Å²) in [5.74, 6) is 0.760. The maximum absolute atomic E-state index is 12.1. The number of aromatic nitrogens is 4. The molecule has 4 rings (SSSR count). The zero-order valence-electron chi connectivity index (χ0n) is 25.3. The molecule has 0 atom stereocenters. The van der Waals surface area contributed by atoms with Gasteiger partial charge in [-0.1, -0.05) is 71.3 Å². The molecule has 0 radical (unpaired) electrons. The van der Waals surface area contributed by atoms with Crippen molar-refractivity contribution < 1.29 is 19.1 Å². The van der Waals surface area contributed by atoms with Crippen LogP contribution in [-0.4, -0.2) is 59.2 Å². The van der Waals surface area contributed by atoms with E-state index in [1.807, 2.05) is 88.3 Å². The van der Waals surface area contributed by atoms with Crippen molar-refractivity contribution in [2.45, 2.75) is 41.5 Å². The Kier molecular flexibility index (Phi) is 11.1. The van der Waals surface area contributed by atoms with E-state index in [2.05, 4.69) is 19.9 Å². The van der Waals surface area contributed by atoms with Crippen LogP contribution in [0.15, 0.2) is 48.5 Å². The van der Waals surface area contributed by atoms with Gasteiger partial charge in [0.05, 0.1) is 13.2 Å². The lowest BCUT2D eigenvalue weighted by Gasteiger charge is -2.17. The summed E-state index contributed by atoms with van der Waals surface area (Å²) in [7, 11) is 3.78. The first kappa shape index (κ1) is 32.1. The summed E-state index contributed by atoms with van der Waals surface area (Å²) in [6.45, 7) is 11.7. The highest BCUT2D eigenvalue weighted by Crippen LogP contribution is 2.25. The number of carbonyl (C=O) groups is 2. The van der Waals surface area contributed by atoms with Crippen LogP contribution in [0.25, 0.3) is 22.8 Å². The third-order valence-electron chi connectivity index (χ3n) is 6.19. The minimum atomic E-state index is -0.484. The van der Waals surface area contributed by atoms with Crippen molar-refractivity contribution in [3.05, 3.63) is 87.3 Å². The minimum absolute atomic E-state index is 0.211. The monoisotopic (exact) mass is 589 g/mol. The van der Waals surface area contributed by atoms with E-state index in [4.69, 9.17) is 21.1 Å². The van der Waals surface area contributed by atoms with Crippen LogP contribution in [0.4, 0.5) is 5.82 Å². The zero-order valence-corrected chi connectivity index (χ0v) is 26.0. The van der Waals surface area contributed by atoms with Gasteiger partial charge >= 0.3 is 11.9 Å². The van der Waals surface area contributed by atoms with Crippen LogP contribution < -0.4 is 4.90 Å². The molecule has 0 fully saturated rings. The Morgan fingerprint density at radius 1 is 0.667 bits per heavy atom. The van der Waals surface area contributed by atoms with Gasteiger partial charge in [-0.15, -0.1) is 0 Å². The number of anilines is 1. The molecule has 2 aromatic heterocycles. The average Bonchev–Trinajstić information content (AvgIpc) is 2.96. The number of nitrogens with zero attached hydrogens (tertiary/aromatic N) is 5. The first-order valence-corrected chi connectivity index (χ1v) is 13.9. The predicted molar refractivity (Wildman–Crippen MR) is 165 cm³/mol. The fourth-order valence-corrected chi connectivity index (χ4v) is 4.06. The second-order valence-electron chi connectivity index (χ2n) is 9.72. The Morgan fingerprint density at radius 3 is 1.48 bits per heavy atom. The number of carbonyl (C=O) groups excluding carboxylic acids is 2. The molecule has 9 nitrogen and oxygen atoms in total. The smallest absolute Gasteiger partial charge is 0.357 e. The van der Waals surface area contributed by atoms with E-state index in [1.165, 1.54) is 0 Å². The molecule has 2 heterocycles. The maximum atomic E-state index is 12.1. The molecular formula is C32H36ClN5O4. The van der Waals surface area contributed by atoms with Crippen LogP contribution in [0, 0.1) is 27.7 Å². The van der Waals surface area contributed by atoms with Crippen LogP contribution in [0.1, 0.15) is 57.1 Å². The van der Waals surface area contributed by atoms with Gasteiger partial charge in [-0.25, -0.2) is 29.5 Å². The van der Waals surface area contributed by atoms with Crippen molar-refractivity contribution >= 4 is 29.4 Å². The van der Waals surface area contributed by atoms with Gasteiger partial charge in [-0.05, 0) is 41.5 Å². The summed E-state index contributed by atoms with van der Waals surface area (Å²) in [4.78, 5) is 43.4. The van der Waals surface area contributed by atoms with E-state index in [9.17, 15) is 9.59 Å². The van der Waals surface area contributed by atoms with Gasteiger partial charge in [-0.3, -0.25) is 0 Å². The van der Waals surface area contributed by atoms with E-state index in [0.717, 1.165) is 27.8 Å². The molecule has 4 aromatic rings. The lowest BCUT2D eigenvalue weighted by Crippen LogP contribution is -2.18. The molecule has 2 aromatic carbocycles. The molecule has 0 aliphatic rings. The summed E-state index contributed by atoms with van der Waals surface area (Å²) in [5.41, 5.74) is 5.76. The number of hydrogen-bond donors (Lipinski definition) is 0. The quantitative estimate of drug-likeness (QED) is 0.174. The molecule has 0 unspecified atom stereocenters. The lowest BCUT2D eigenvalue weighted by molar-refractivity contribution is 0.0509. The number of aryl methyl sites for hydroxylation is 2. The maximum Gasteiger partial charge on any atom is 0.357 e. The summed E-state index contributed by atoms with van der Waals surface area (Å²) >= 11 is 6.09. The Labute approximate surface area is 251 Å². The first-order valence-electron chi connectivity index (χ1n) is 13.5. The largest absolute Gasteiger partial charge is 0.461 e. The van der Waals surface area contributed by atoms with Gasteiger partial charge in [-0.2, -0.15) is 0 Å². The van der Waals surface area contributed by atoms with Gasteiger partial charge in [0.1, 0.15) is 11.0 Å². The molecule has 0 N–H and O–H groups in total. The van der Waals surface area contributed by atoms with Crippen molar-refractivity contribution in [1.82, 2.24) is 19.9 Å². The summed E-state index contributed by atoms with van der Waals surface area (Å²) in [6, 6.07) is 15.6. The summed E-state index contributed by atoms with van der Waals surface area (Å²) < 4.78 is 10.1. The Bertz CT molecular complexity index is 1560. The highest BCUT2D eigenvalue weighted by atomic mass is 35.5. The Hall–Kier alpha value is -4.37. The number of rotatable bonds is 7. The summed E-state index contributed by atoms with van der Waals surface area (Å²) in [6.07, 6.45) is 0. The van der Waals surface area contributed by atoms with Crippen molar-refractivity contribution in [1.29, 1.82) is 0 Å². The molecule has 0 aliphatic heterocycles. The third kappa shape index (κ3) is 7.88. The van der Waals surface area contributed by atoms with Gasteiger partial charge in [0.25, 0.3) is 0 Å². The van der Waals surface area contributed by atoms with Gasteiger partial charge in [0, 0.05) is 36.3 Å². The van der Waals surface area contributed by atoms with Crippen LogP contribution in [0.5, 0.6) is 0 Å². The van der Waals surface area contributed by atoms with Crippen LogP contribution in [0.3, 0.4) is 0 Å². The van der Waals surface area contributed by atoms with Crippen molar-refractivity contribution in [2.75, 3.05) is 32.2 Å². The van der Waals surface area contributed by atoms with E-state index >= 15 is 0 Å². The second-order valence-corrected chi connectivity index (χ2v) is 10.1. The SMILES string of the molecule is CCOC(=O)c1nc(-c2ccc(C)cc2)nc(Cl)c1C.CCOC(=O)c1nc(-c2ccc(C)cc2)nc(N(C)C)c1C. The molecule has 0 aliphatic carbocycles. The fraction of sp³-hybridized carbons (Fsp3) is 0.312. The number of halogens is 1. The van der Waals surface area contributed by atoms with E-state index < -0.39 is 11.9 Å². The average molecular weight is 590 g/mol. The predicted octanol–water partition coefficient (Wildman–Crippen LogP) is 6.59. The van der Waals surface area contributed by atoms with Crippen LogP contribution in [-0.2, 0) is 9.47 Å². The molecule has 0 amide bonds. The lowest BCUT2D eigenvalue weighted by atomic mass is 10.1. The Morgan fingerprint density at radius 2 is 1.07 bits per heavy atom. The molecule has 0 bridgehead atoms. The molecular weight excluding hydrogens is 554 g/mol. The van der Waals surface area contributed by atoms with Crippen molar-refractivity contribution in [2.24, 2.45) is 0 Å². The third-order valence-corrected chi connectivity index (χ3v) is 6.56. The van der Waals surface area contributed by atoms with E-state index in [1.54, 1.807) is 20.8 Å². The zero-order chi connectivity index (χ0) is 31.0. The standard InChI is InChI=1S/C17H21N3O2.C15H15ClN2O2/c1-6-22-17(21)14-12(3)16(20(4)5)19-15(18-14)13-9-7-11(2)8-10-13;1-4-20-15(19)12-10(3)13(16)18-14(17-12)11-7-5-9(2)6-8-11/h7-10H,6H2,1-5H3;5-8H,4H2,1-3H3. The van der Waals surface area contributed by atoms with E-state index in [0.29, 0.717) is 41.9 Å². The van der Waals surface area contributed by atoms with E-state index in [-0.39, 0.29) is 10.8 Å². The molecule has 42 heavy (non-hydrogen) atoms. The Balaban J connectivity index is 0.000000231. The van der Waals surface area contributed by atoms with Crippen LogP contribution >= 0.6 is 11.6 Å². The summed E-state index contributed by atoms with van der Waals surface area (Å²) in [5, 5.41) is 0.263. The molecule has 0 saturated carbocycles. The molecule has 10 heteroatoms.